The summed E-state index contributed by atoms with van der Waals surface area (Å²) in [6.45, 7) is 5.96. The number of hydrogen-bond donors (Lipinski definition) is 1. The van der Waals surface area contributed by atoms with Gasteiger partial charge in [-0.2, -0.15) is 0 Å². The summed E-state index contributed by atoms with van der Waals surface area (Å²) in [7, 11) is 0. The van der Waals surface area contributed by atoms with Crippen LogP contribution < -0.4 is 10.2 Å². The van der Waals surface area contributed by atoms with E-state index in [0.29, 0.717) is 37.6 Å². The zero-order valence-electron chi connectivity index (χ0n) is 14.9. The third-order valence-electron chi connectivity index (χ3n) is 4.37. The second kappa shape index (κ2) is 8.28. The van der Waals surface area contributed by atoms with Crippen molar-refractivity contribution >= 4 is 46.6 Å². The number of nitro groups is 1. The molecule has 2 aliphatic heterocycles. The molecular formula is C18H18N4O5S. The van der Waals surface area contributed by atoms with Crippen LogP contribution in [0.25, 0.3) is 6.08 Å². The minimum absolute atomic E-state index is 0.000468. The Kier molecular flexibility index (Phi) is 5.81. The maximum Gasteiger partial charge on any atom is 0.270 e. The van der Waals surface area contributed by atoms with Crippen LogP contribution in [0.3, 0.4) is 0 Å². The molecule has 146 valence electrons. The van der Waals surface area contributed by atoms with Crippen molar-refractivity contribution in [1.29, 1.82) is 0 Å². The lowest BCUT2D eigenvalue weighted by atomic mass is 10.0. The molecule has 2 heterocycles. The number of non-ortho nitro benzene ring substituents is 1. The van der Waals surface area contributed by atoms with Crippen LogP contribution in [-0.2, 0) is 14.3 Å². The molecule has 10 heteroatoms. The minimum Gasteiger partial charge on any atom is -0.378 e. The number of nitro benzene ring substituents is 1. The third kappa shape index (κ3) is 3.92. The molecule has 3 rings (SSSR count). The monoisotopic (exact) mass is 402 g/mol. The average Bonchev–Trinajstić information content (AvgIpc) is 2.69. The van der Waals surface area contributed by atoms with Crippen molar-refractivity contribution in [1.82, 2.24) is 10.2 Å². The topological polar surface area (TPSA) is 105 Å². The number of morpholine rings is 1. The summed E-state index contributed by atoms with van der Waals surface area (Å²) in [4.78, 5) is 39.0. The van der Waals surface area contributed by atoms with Gasteiger partial charge in [0.1, 0.15) is 5.57 Å². The fourth-order valence-electron chi connectivity index (χ4n) is 3.01. The summed E-state index contributed by atoms with van der Waals surface area (Å²) >= 11 is 5.03. The van der Waals surface area contributed by atoms with Crippen LogP contribution in [-0.4, -0.2) is 59.6 Å². The van der Waals surface area contributed by atoms with Crippen LogP contribution in [0.2, 0.25) is 0 Å². The number of rotatable bonds is 5. The van der Waals surface area contributed by atoms with E-state index in [2.05, 4.69) is 11.9 Å². The van der Waals surface area contributed by atoms with E-state index in [9.17, 15) is 19.7 Å². The smallest absolute Gasteiger partial charge is 0.270 e. The van der Waals surface area contributed by atoms with Crippen LogP contribution in [0.1, 0.15) is 5.56 Å². The van der Waals surface area contributed by atoms with Crippen LogP contribution in [0, 0.1) is 10.1 Å². The van der Waals surface area contributed by atoms with Gasteiger partial charge < -0.3 is 9.64 Å². The quantitative estimate of drug-likeness (QED) is 0.197. The molecule has 0 aliphatic carbocycles. The maximum atomic E-state index is 12.7. The highest BCUT2D eigenvalue weighted by Gasteiger charge is 2.33. The highest BCUT2D eigenvalue weighted by Crippen LogP contribution is 2.29. The van der Waals surface area contributed by atoms with Crippen molar-refractivity contribution in [2.75, 3.05) is 37.7 Å². The third-order valence-corrected chi connectivity index (χ3v) is 4.69. The van der Waals surface area contributed by atoms with Gasteiger partial charge in [-0.1, -0.05) is 6.08 Å². The van der Waals surface area contributed by atoms with Crippen molar-refractivity contribution in [2.24, 2.45) is 0 Å². The Hall–Kier alpha value is -3.11. The molecule has 0 atom stereocenters. The average molecular weight is 402 g/mol. The second-order valence-electron chi connectivity index (χ2n) is 6.12. The number of nitrogens with one attached hydrogen (secondary N) is 1. The summed E-state index contributed by atoms with van der Waals surface area (Å²) in [5.74, 6) is -1.22. The summed E-state index contributed by atoms with van der Waals surface area (Å²) in [5, 5.41) is 13.7. The van der Waals surface area contributed by atoms with Crippen molar-refractivity contribution in [2.45, 2.75) is 0 Å². The highest BCUT2D eigenvalue weighted by molar-refractivity contribution is 7.80. The zero-order chi connectivity index (χ0) is 20.3. The summed E-state index contributed by atoms with van der Waals surface area (Å²) in [6.07, 6.45) is 2.86. The van der Waals surface area contributed by atoms with Crippen LogP contribution in [0.4, 0.5) is 11.4 Å². The first kappa shape index (κ1) is 19.6. The van der Waals surface area contributed by atoms with Crippen LogP contribution >= 0.6 is 12.2 Å². The predicted molar refractivity (Wildman–Crippen MR) is 107 cm³/mol. The number of ether oxygens (including phenoxy) is 1. The molecule has 28 heavy (non-hydrogen) atoms. The SMILES string of the molecule is C=CCN1C(=O)/C(=C\c2cc([N+](=O)[O-])ccc2N2CCOCC2)C(=O)NC1=S. The molecule has 0 aromatic heterocycles. The van der Waals surface area contributed by atoms with Crippen molar-refractivity contribution in [3.63, 3.8) is 0 Å². The Labute approximate surface area is 166 Å². The predicted octanol–water partition coefficient (Wildman–Crippen LogP) is 1.24. The van der Waals surface area contributed by atoms with Crippen LogP contribution in [0.5, 0.6) is 0 Å². The zero-order valence-corrected chi connectivity index (χ0v) is 15.7. The van der Waals surface area contributed by atoms with Gasteiger partial charge in [-0.3, -0.25) is 29.9 Å². The first-order chi connectivity index (χ1) is 13.4. The Morgan fingerprint density at radius 3 is 2.68 bits per heavy atom. The number of amides is 2. The molecule has 0 bridgehead atoms. The highest BCUT2D eigenvalue weighted by atomic mass is 32.1. The molecule has 0 radical (unpaired) electrons. The van der Waals surface area contributed by atoms with Gasteiger partial charge in [0, 0.05) is 43.0 Å². The van der Waals surface area contributed by atoms with Gasteiger partial charge >= 0.3 is 0 Å². The van der Waals surface area contributed by atoms with Crippen molar-refractivity contribution in [3.8, 4) is 0 Å². The van der Waals surface area contributed by atoms with Crippen molar-refractivity contribution < 1.29 is 19.2 Å². The molecule has 2 fully saturated rings. The summed E-state index contributed by atoms with van der Waals surface area (Å²) in [6, 6.07) is 4.37. The molecule has 1 N–H and O–H groups in total. The van der Waals surface area contributed by atoms with Gasteiger partial charge in [-0.15, -0.1) is 6.58 Å². The lowest BCUT2D eigenvalue weighted by Crippen LogP contribution is -2.53. The van der Waals surface area contributed by atoms with E-state index in [0.717, 1.165) is 0 Å². The summed E-state index contributed by atoms with van der Waals surface area (Å²) in [5.41, 5.74) is 0.808. The number of hydrogen-bond acceptors (Lipinski definition) is 7. The summed E-state index contributed by atoms with van der Waals surface area (Å²) < 4.78 is 5.35. The molecular weight excluding hydrogens is 384 g/mol. The Balaban J connectivity index is 2.06. The molecule has 0 saturated carbocycles. The molecule has 2 aliphatic rings. The molecule has 9 nitrogen and oxygen atoms in total. The van der Waals surface area contributed by atoms with Gasteiger partial charge in [-0.05, 0) is 24.4 Å². The lowest BCUT2D eigenvalue weighted by Gasteiger charge is -2.31. The first-order valence-electron chi connectivity index (χ1n) is 8.53. The Morgan fingerprint density at radius 2 is 2.04 bits per heavy atom. The first-order valence-corrected chi connectivity index (χ1v) is 8.94. The van der Waals surface area contributed by atoms with E-state index < -0.39 is 16.7 Å². The number of benzene rings is 1. The number of carbonyl (C=O) groups excluding carboxylic acids is 2. The normalized spacial score (nSPS) is 19.0. The van der Waals surface area contributed by atoms with Gasteiger partial charge in [0.15, 0.2) is 5.11 Å². The Morgan fingerprint density at radius 1 is 1.32 bits per heavy atom. The van der Waals surface area contributed by atoms with Crippen LogP contribution in [0.15, 0.2) is 36.4 Å². The van der Waals surface area contributed by atoms with Gasteiger partial charge in [0.05, 0.1) is 18.1 Å². The van der Waals surface area contributed by atoms with E-state index in [1.54, 1.807) is 6.07 Å². The molecule has 0 unspecified atom stereocenters. The number of nitrogens with zero attached hydrogens (tertiary/aromatic N) is 3. The van der Waals surface area contributed by atoms with E-state index in [1.807, 2.05) is 4.90 Å². The van der Waals surface area contributed by atoms with E-state index in [-0.39, 0.29) is 22.9 Å². The maximum absolute atomic E-state index is 12.7. The molecule has 2 saturated heterocycles. The fraction of sp³-hybridized carbons (Fsp3) is 0.278. The number of thiocarbonyl (C=S) groups is 1. The van der Waals surface area contributed by atoms with E-state index in [4.69, 9.17) is 17.0 Å². The standard InChI is InChI=1S/C18H18N4O5S/c1-2-5-21-17(24)14(16(23)19-18(21)28)11-12-10-13(22(25)26)3-4-15(12)20-6-8-27-9-7-20/h2-4,10-11H,1,5-9H2,(H,19,23,28)/b14-11-. The molecule has 1 aromatic carbocycles. The fourth-order valence-corrected chi connectivity index (χ4v) is 3.26. The molecule has 0 spiro atoms. The number of anilines is 1. The van der Waals surface area contributed by atoms with E-state index >= 15 is 0 Å². The lowest BCUT2D eigenvalue weighted by molar-refractivity contribution is -0.384. The van der Waals surface area contributed by atoms with Crippen molar-refractivity contribution in [3.05, 3.63) is 52.1 Å². The second-order valence-corrected chi connectivity index (χ2v) is 6.51. The Bertz CT molecular complexity index is 892. The van der Waals surface area contributed by atoms with E-state index in [1.165, 1.54) is 29.2 Å². The molecule has 1 aromatic rings. The minimum atomic E-state index is -0.644. The number of carbonyl (C=O) groups is 2. The largest absolute Gasteiger partial charge is 0.378 e. The van der Waals surface area contributed by atoms with Gasteiger partial charge in [-0.25, -0.2) is 0 Å². The molecule has 2 amide bonds. The van der Waals surface area contributed by atoms with Gasteiger partial charge in [0.25, 0.3) is 17.5 Å². The van der Waals surface area contributed by atoms with Gasteiger partial charge in [0.2, 0.25) is 0 Å².